The lowest BCUT2D eigenvalue weighted by atomic mass is 9.75. The van der Waals surface area contributed by atoms with Gasteiger partial charge in [0, 0.05) is 0 Å². The second-order valence-corrected chi connectivity index (χ2v) is 6.76. The van der Waals surface area contributed by atoms with Crippen molar-refractivity contribution in [1.29, 1.82) is 0 Å². The van der Waals surface area contributed by atoms with E-state index in [2.05, 4.69) is 0 Å². The van der Waals surface area contributed by atoms with Gasteiger partial charge in [-0.05, 0) is 23.8 Å². The molecular weight excluding hydrogens is 330 g/mol. The van der Waals surface area contributed by atoms with E-state index in [-0.39, 0.29) is 17.6 Å². The van der Waals surface area contributed by atoms with E-state index in [0.29, 0.717) is 11.3 Å². The number of para-hydroxylation sites is 1. The standard InChI is InChI=1S/C21H15NO4/c23-16-12-11-15-17-18(21(16,26-15)13-7-3-1-4-8-13)20(25)22(19(17)24)14-9-5-2-6-10-14/h1-12,15,17-18H/t15-,17+,18-,21+/m1/s1. The second kappa shape index (κ2) is 5.22. The number of anilines is 1. The highest BCUT2D eigenvalue weighted by atomic mass is 16.5. The molecule has 5 rings (SSSR count). The largest absolute Gasteiger partial charge is 0.353 e. The predicted molar refractivity (Wildman–Crippen MR) is 93.1 cm³/mol. The number of imide groups is 1. The van der Waals surface area contributed by atoms with Gasteiger partial charge in [0.25, 0.3) is 0 Å². The highest BCUT2D eigenvalue weighted by Crippen LogP contribution is 2.55. The minimum absolute atomic E-state index is 0.288. The lowest BCUT2D eigenvalue weighted by Gasteiger charge is -2.33. The third-order valence-electron chi connectivity index (χ3n) is 5.49. The van der Waals surface area contributed by atoms with Crippen LogP contribution in [0.1, 0.15) is 5.56 Å². The first-order valence-electron chi connectivity index (χ1n) is 8.53. The molecule has 4 atom stereocenters. The number of nitrogens with zero attached hydrogens (tertiary/aromatic N) is 1. The highest BCUT2D eigenvalue weighted by molar-refractivity contribution is 6.25. The maximum Gasteiger partial charge on any atom is 0.241 e. The Morgan fingerprint density at radius 1 is 0.846 bits per heavy atom. The lowest BCUT2D eigenvalue weighted by molar-refractivity contribution is -0.149. The van der Waals surface area contributed by atoms with Gasteiger partial charge in [-0.25, -0.2) is 4.90 Å². The summed E-state index contributed by atoms with van der Waals surface area (Å²) in [5.41, 5.74) is -0.292. The monoisotopic (exact) mass is 345 g/mol. The Kier molecular flexibility index (Phi) is 3.06. The Morgan fingerprint density at radius 3 is 2.19 bits per heavy atom. The van der Waals surface area contributed by atoms with Crippen molar-refractivity contribution in [2.75, 3.05) is 4.90 Å². The van der Waals surface area contributed by atoms with Crippen LogP contribution in [0.5, 0.6) is 0 Å². The van der Waals surface area contributed by atoms with E-state index in [0.717, 1.165) is 0 Å². The van der Waals surface area contributed by atoms with E-state index in [1.165, 1.54) is 11.0 Å². The van der Waals surface area contributed by atoms with Crippen molar-refractivity contribution >= 4 is 23.3 Å². The van der Waals surface area contributed by atoms with Crippen LogP contribution in [0.25, 0.3) is 0 Å². The van der Waals surface area contributed by atoms with Gasteiger partial charge < -0.3 is 4.74 Å². The highest BCUT2D eigenvalue weighted by Gasteiger charge is 2.70. The van der Waals surface area contributed by atoms with Crippen LogP contribution in [0.3, 0.4) is 0 Å². The molecule has 0 aliphatic carbocycles. The molecule has 0 unspecified atom stereocenters. The first-order valence-corrected chi connectivity index (χ1v) is 8.53. The molecule has 0 saturated carbocycles. The summed E-state index contributed by atoms with van der Waals surface area (Å²) >= 11 is 0. The van der Waals surface area contributed by atoms with E-state index in [1.54, 1.807) is 54.6 Å². The normalized spacial score (nSPS) is 32.2. The van der Waals surface area contributed by atoms with Crippen LogP contribution >= 0.6 is 0 Å². The molecule has 5 nitrogen and oxygen atoms in total. The molecule has 3 aliphatic rings. The number of amides is 2. The van der Waals surface area contributed by atoms with E-state index >= 15 is 0 Å². The molecule has 2 aromatic rings. The van der Waals surface area contributed by atoms with Crippen LogP contribution in [0.2, 0.25) is 0 Å². The minimum atomic E-state index is -1.43. The molecule has 2 fully saturated rings. The fourth-order valence-electron chi connectivity index (χ4n) is 4.39. The summed E-state index contributed by atoms with van der Waals surface area (Å²) in [5.74, 6) is -2.53. The van der Waals surface area contributed by atoms with Gasteiger partial charge in [-0.3, -0.25) is 14.4 Å². The van der Waals surface area contributed by atoms with Gasteiger partial charge in [0.15, 0.2) is 11.4 Å². The molecule has 0 spiro atoms. The van der Waals surface area contributed by atoms with Crippen LogP contribution < -0.4 is 4.90 Å². The molecule has 3 heterocycles. The van der Waals surface area contributed by atoms with Crippen molar-refractivity contribution in [2.24, 2.45) is 11.8 Å². The SMILES string of the molecule is O=C1[C@H]2[C@H]3C=CC(=O)[C@](c4ccccc4)(O3)[C@H]2C(=O)N1c1ccccc1. The molecule has 0 N–H and O–H groups in total. The van der Waals surface area contributed by atoms with E-state index in [9.17, 15) is 14.4 Å². The van der Waals surface area contributed by atoms with Crippen molar-refractivity contribution in [3.05, 3.63) is 78.4 Å². The summed E-state index contributed by atoms with van der Waals surface area (Å²) in [6, 6.07) is 17.8. The zero-order valence-electron chi connectivity index (χ0n) is 13.7. The molecule has 2 bridgehead atoms. The van der Waals surface area contributed by atoms with Crippen LogP contribution in [-0.4, -0.2) is 23.7 Å². The lowest BCUT2D eigenvalue weighted by Crippen LogP contribution is -2.47. The van der Waals surface area contributed by atoms with E-state index < -0.39 is 23.5 Å². The molecule has 26 heavy (non-hydrogen) atoms. The summed E-state index contributed by atoms with van der Waals surface area (Å²) in [5, 5.41) is 0. The molecule has 5 heteroatoms. The quantitative estimate of drug-likeness (QED) is 0.783. The number of carbonyl (C=O) groups excluding carboxylic acids is 3. The third kappa shape index (κ3) is 1.75. The zero-order chi connectivity index (χ0) is 17.9. The van der Waals surface area contributed by atoms with Gasteiger partial charge in [-0.2, -0.15) is 0 Å². The van der Waals surface area contributed by atoms with Gasteiger partial charge in [0.2, 0.25) is 11.8 Å². The molecule has 128 valence electrons. The van der Waals surface area contributed by atoms with Gasteiger partial charge in [-0.15, -0.1) is 0 Å². The molecule has 0 radical (unpaired) electrons. The first-order chi connectivity index (χ1) is 12.6. The number of hydrogen-bond acceptors (Lipinski definition) is 4. The van der Waals surface area contributed by atoms with Gasteiger partial charge >= 0.3 is 0 Å². The van der Waals surface area contributed by atoms with Crippen molar-refractivity contribution in [1.82, 2.24) is 0 Å². The van der Waals surface area contributed by atoms with E-state index in [1.807, 2.05) is 12.1 Å². The Hall–Kier alpha value is -3.05. The Morgan fingerprint density at radius 2 is 1.50 bits per heavy atom. The Bertz CT molecular complexity index is 952. The Labute approximate surface area is 149 Å². The fraction of sp³-hybridized carbons (Fsp3) is 0.190. The summed E-state index contributed by atoms with van der Waals surface area (Å²) in [6.45, 7) is 0. The topological polar surface area (TPSA) is 63.7 Å². The minimum Gasteiger partial charge on any atom is -0.353 e. The van der Waals surface area contributed by atoms with Gasteiger partial charge in [0.05, 0.1) is 23.6 Å². The maximum absolute atomic E-state index is 13.3. The fourth-order valence-corrected chi connectivity index (χ4v) is 4.39. The van der Waals surface area contributed by atoms with Gasteiger partial charge in [-0.1, -0.05) is 54.6 Å². The number of benzene rings is 2. The number of rotatable bonds is 2. The van der Waals surface area contributed by atoms with Crippen LogP contribution in [-0.2, 0) is 24.7 Å². The number of carbonyl (C=O) groups is 3. The number of ketones is 1. The van der Waals surface area contributed by atoms with Crippen molar-refractivity contribution < 1.29 is 19.1 Å². The molecule has 2 saturated heterocycles. The molecular formula is C21H15NO4. The number of fused-ring (bicyclic) bond motifs is 5. The third-order valence-corrected chi connectivity index (χ3v) is 5.49. The zero-order valence-corrected chi connectivity index (χ0v) is 13.7. The molecule has 0 aromatic heterocycles. The Balaban J connectivity index is 1.69. The number of ether oxygens (including phenoxy) is 1. The maximum atomic E-state index is 13.3. The van der Waals surface area contributed by atoms with Crippen molar-refractivity contribution in [3.63, 3.8) is 0 Å². The smallest absolute Gasteiger partial charge is 0.241 e. The summed E-state index contributed by atoms with van der Waals surface area (Å²) in [4.78, 5) is 40.5. The van der Waals surface area contributed by atoms with Gasteiger partial charge in [0.1, 0.15) is 0 Å². The molecule has 2 aromatic carbocycles. The molecule has 3 aliphatic heterocycles. The second-order valence-electron chi connectivity index (χ2n) is 6.76. The summed E-state index contributed by atoms with van der Waals surface area (Å²) in [7, 11) is 0. The van der Waals surface area contributed by atoms with Crippen LogP contribution in [0.4, 0.5) is 5.69 Å². The predicted octanol–water partition coefficient (Wildman–Crippen LogP) is 2.23. The van der Waals surface area contributed by atoms with Crippen molar-refractivity contribution in [2.45, 2.75) is 11.7 Å². The first kappa shape index (κ1) is 15.2. The van der Waals surface area contributed by atoms with Crippen molar-refractivity contribution in [3.8, 4) is 0 Å². The average Bonchev–Trinajstić information content (AvgIpc) is 3.12. The number of hydrogen-bond donors (Lipinski definition) is 0. The average molecular weight is 345 g/mol. The van der Waals surface area contributed by atoms with E-state index in [4.69, 9.17) is 4.74 Å². The summed E-state index contributed by atoms with van der Waals surface area (Å²) < 4.78 is 6.07. The van der Waals surface area contributed by atoms with Crippen LogP contribution in [0, 0.1) is 11.8 Å². The van der Waals surface area contributed by atoms with Crippen LogP contribution in [0.15, 0.2) is 72.8 Å². The summed E-state index contributed by atoms with van der Waals surface area (Å²) in [6.07, 6.45) is 2.48. The molecule has 2 amide bonds.